The molecule has 5 heteroatoms. The molecule has 0 aliphatic carbocycles. The van der Waals surface area contributed by atoms with Gasteiger partial charge in [-0.3, -0.25) is 4.79 Å². The van der Waals surface area contributed by atoms with Crippen LogP contribution in [0.4, 0.5) is 5.69 Å². The normalized spacial score (nSPS) is 10.2. The van der Waals surface area contributed by atoms with Crippen LogP contribution in [0.25, 0.3) is 0 Å². The van der Waals surface area contributed by atoms with Crippen LogP contribution < -0.4 is 10.1 Å². The Bertz CT molecular complexity index is 735. The molecule has 0 bridgehead atoms. The predicted octanol–water partition coefficient (Wildman–Crippen LogP) is 3.89. The van der Waals surface area contributed by atoms with Gasteiger partial charge in [0.1, 0.15) is 5.75 Å². The zero-order chi connectivity index (χ0) is 18.2. The van der Waals surface area contributed by atoms with E-state index in [0.29, 0.717) is 17.9 Å². The van der Waals surface area contributed by atoms with E-state index >= 15 is 0 Å². The summed E-state index contributed by atoms with van der Waals surface area (Å²) >= 11 is 0. The topological polar surface area (TPSA) is 64.6 Å². The number of hydrogen-bond donors (Lipinski definition) is 1. The largest absolute Gasteiger partial charge is 0.483 e. The number of anilines is 1. The average molecular weight is 341 g/mol. The van der Waals surface area contributed by atoms with Gasteiger partial charge >= 0.3 is 5.97 Å². The molecule has 0 aliphatic heterocycles. The molecule has 5 nitrogen and oxygen atoms in total. The first-order valence-electron chi connectivity index (χ1n) is 8.27. The van der Waals surface area contributed by atoms with Crippen molar-refractivity contribution in [2.45, 2.75) is 27.2 Å². The van der Waals surface area contributed by atoms with Crippen molar-refractivity contribution in [3.63, 3.8) is 0 Å². The maximum Gasteiger partial charge on any atom is 0.338 e. The monoisotopic (exact) mass is 341 g/mol. The third-order valence-electron chi connectivity index (χ3n) is 3.58. The lowest BCUT2D eigenvalue weighted by molar-refractivity contribution is -0.118. The molecule has 0 unspecified atom stereocenters. The summed E-state index contributed by atoms with van der Waals surface area (Å²) in [5, 5.41) is 2.73. The highest BCUT2D eigenvalue weighted by Crippen LogP contribution is 2.22. The Morgan fingerprint density at radius 1 is 1.04 bits per heavy atom. The van der Waals surface area contributed by atoms with Crippen LogP contribution in [-0.4, -0.2) is 25.1 Å². The lowest BCUT2D eigenvalue weighted by Crippen LogP contribution is -2.21. The Balaban J connectivity index is 1.95. The Morgan fingerprint density at radius 2 is 1.72 bits per heavy atom. The Morgan fingerprint density at radius 3 is 2.40 bits per heavy atom. The Kier molecular flexibility index (Phi) is 6.57. The SMILES string of the molecule is CCCOC(=O)c1cccc(NC(=O)COc2c(C)cccc2C)c1. The second-order valence-electron chi connectivity index (χ2n) is 5.77. The summed E-state index contributed by atoms with van der Waals surface area (Å²) in [5.41, 5.74) is 2.89. The molecule has 2 rings (SSSR count). The fourth-order valence-electron chi connectivity index (χ4n) is 2.36. The first-order valence-corrected chi connectivity index (χ1v) is 8.27. The van der Waals surface area contributed by atoms with Crippen molar-refractivity contribution in [3.8, 4) is 5.75 Å². The molecule has 1 amide bonds. The van der Waals surface area contributed by atoms with E-state index in [1.165, 1.54) is 0 Å². The van der Waals surface area contributed by atoms with Gasteiger partial charge in [-0.25, -0.2) is 4.79 Å². The summed E-state index contributed by atoms with van der Waals surface area (Å²) in [6.45, 7) is 6.08. The Hall–Kier alpha value is -2.82. The summed E-state index contributed by atoms with van der Waals surface area (Å²) in [6, 6.07) is 12.5. The number of nitrogens with one attached hydrogen (secondary N) is 1. The number of rotatable bonds is 7. The van der Waals surface area contributed by atoms with Crippen LogP contribution in [0.1, 0.15) is 34.8 Å². The second kappa shape index (κ2) is 8.87. The zero-order valence-corrected chi connectivity index (χ0v) is 14.8. The number of ether oxygens (including phenoxy) is 2. The fourth-order valence-corrected chi connectivity index (χ4v) is 2.36. The van der Waals surface area contributed by atoms with E-state index in [1.54, 1.807) is 24.3 Å². The van der Waals surface area contributed by atoms with Crippen LogP contribution in [0.3, 0.4) is 0 Å². The Labute approximate surface area is 148 Å². The summed E-state index contributed by atoms with van der Waals surface area (Å²) in [5.74, 6) is 0.0287. The molecule has 0 aliphatic rings. The van der Waals surface area contributed by atoms with E-state index in [9.17, 15) is 9.59 Å². The molecule has 2 aromatic rings. The molecule has 0 saturated heterocycles. The number of carbonyl (C=O) groups excluding carboxylic acids is 2. The van der Waals surface area contributed by atoms with Gasteiger partial charge in [0.25, 0.3) is 5.91 Å². The molecule has 25 heavy (non-hydrogen) atoms. The molecule has 0 saturated carbocycles. The van der Waals surface area contributed by atoms with Crippen molar-refractivity contribution >= 4 is 17.6 Å². The van der Waals surface area contributed by atoms with E-state index in [2.05, 4.69) is 5.32 Å². The van der Waals surface area contributed by atoms with E-state index < -0.39 is 5.97 Å². The van der Waals surface area contributed by atoms with Gasteiger partial charge < -0.3 is 14.8 Å². The number of benzene rings is 2. The van der Waals surface area contributed by atoms with Crippen molar-refractivity contribution in [2.75, 3.05) is 18.5 Å². The van der Waals surface area contributed by atoms with E-state index in [-0.39, 0.29) is 12.5 Å². The summed E-state index contributed by atoms with van der Waals surface area (Å²) in [6.07, 6.45) is 0.762. The van der Waals surface area contributed by atoms with Crippen molar-refractivity contribution < 1.29 is 19.1 Å². The molecule has 132 valence electrons. The highest BCUT2D eigenvalue weighted by molar-refractivity contribution is 5.95. The van der Waals surface area contributed by atoms with Crippen molar-refractivity contribution in [3.05, 3.63) is 59.2 Å². The minimum absolute atomic E-state index is 0.101. The second-order valence-corrected chi connectivity index (χ2v) is 5.77. The maximum absolute atomic E-state index is 12.1. The number of esters is 1. The number of carbonyl (C=O) groups is 2. The first kappa shape index (κ1) is 18.5. The third-order valence-corrected chi connectivity index (χ3v) is 3.58. The predicted molar refractivity (Wildman–Crippen MR) is 97.1 cm³/mol. The van der Waals surface area contributed by atoms with Crippen LogP contribution in [0.2, 0.25) is 0 Å². The number of para-hydroxylation sites is 1. The van der Waals surface area contributed by atoms with Gasteiger partial charge in [0, 0.05) is 5.69 Å². The van der Waals surface area contributed by atoms with Crippen LogP contribution >= 0.6 is 0 Å². The molecular formula is C20H23NO4. The van der Waals surface area contributed by atoms with Gasteiger partial charge in [-0.1, -0.05) is 31.2 Å². The van der Waals surface area contributed by atoms with Gasteiger partial charge in [0.05, 0.1) is 12.2 Å². The average Bonchev–Trinajstić information content (AvgIpc) is 2.59. The first-order chi connectivity index (χ1) is 12.0. The van der Waals surface area contributed by atoms with Crippen molar-refractivity contribution in [2.24, 2.45) is 0 Å². The highest BCUT2D eigenvalue weighted by atomic mass is 16.5. The smallest absolute Gasteiger partial charge is 0.338 e. The molecule has 1 N–H and O–H groups in total. The lowest BCUT2D eigenvalue weighted by Gasteiger charge is -2.12. The standard InChI is InChI=1S/C20H23NO4/c1-4-11-24-20(23)16-9-6-10-17(12-16)21-18(22)13-25-19-14(2)7-5-8-15(19)3/h5-10,12H,4,11,13H2,1-3H3,(H,21,22). The van der Waals surface area contributed by atoms with Gasteiger partial charge in [-0.15, -0.1) is 0 Å². The molecule has 0 aromatic heterocycles. The van der Waals surface area contributed by atoms with Gasteiger partial charge in [-0.2, -0.15) is 0 Å². The van der Waals surface area contributed by atoms with Crippen LogP contribution in [0.5, 0.6) is 5.75 Å². The van der Waals surface area contributed by atoms with E-state index in [1.807, 2.05) is 39.0 Å². The molecule has 0 fully saturated rings. The third kappa shape index (κ3) is 5.35. The summed E-state index contributed by atoms with van der Waals surface area (Å²) in [4.78, 5) is 24.0. The van der Waals surface area contributed by atoms with Crippen LogP contribution in [-0.2, 0) is 9.53 Å². The summed E-state index contributed by atoms with van der Waals surface area (Å²) < 4.78 is 10.7. The minimum atomic E-state index is -0.398. The molecule has 0 heterocycles. The van der Waals surface area contributed by atoms with Gasteiger partial charge in [0.15, 0.2) is 6.61 Å². The van der Waals surface area contributed by atoms with Gasteiger partial charge in [-0.05, 0) is 49.6 Å². The number of amides is 1. The number of aryl methyl sites for hydroxylation is 2. The number of hydrogen-bond acceptors (Lipinski definition) is 4. The lowest BCUT2D eigenvalue weighted by atomic mass is 10.1. The summed E-state index contributed by atoms with van der Waals surface area (Å²) in [7, 11) is 0. The van der Waals surface area contributed by atoms with Crippen LogP contribution in [0.15, 0.2) is 42.5 Å². The molecular weight excluding hydrogens is 318 g/mol. The van der Waals surface area contributed by atoms with Crippen molar-refractivity contribution in [1.29, 1.82) is 0 Å². The minimum Gasteiger partial charge on any atom is -0.483 e. The van der Waals surface area contributed by atoms with E-state index in [0.717, 1.165) is 23.3 Å². The molecule has 0 radical (unpaired) electrons. The zero-order valence-electron chi connectivity index (χ0n) is 14.8. The highest BCUT2D eigenvalue weighted by Gasteiger charge is 2.10. The van der Waals surface area contributed by atoms with Gasteiger partial charge in [0.2, 0.25) is 0 Å². The van der Waals surface area contributed by atoms with Crippen LogP contribution in [0, 0.1) is 13.8 Å². The van der Waals surface area contributed by atoms with Crippen molar-refractivity contribution in [1.82, 2.24) is 0 Å². The van der Waals surface area contributed by atoms with E-state index in [4.69, 9.17) is 9.47 Å². The maximum atomic E-state index is 12.1. The molecule has 0 atom stereocenters. The molecule has 2 aromatic carbocycles. The fraction of sp³-hybridized carbons (Fsp3) is 0.300. The molecule has 0 spiro atoms. The quantitative estimate of drug-likeness (QED) is 0.776.